The molecule has 31 heavy (non-hydrogen) atoms. The molecule has 1 N–H and O–H groups in total. The molecule has 5 nitrogen and oxygen atoms in total. The first-order chi connectivity index (χ1) is 15.2. The fraction of sp³-hybridized carbons (Fsp3) is 0.308. The van der Waals surface area contributed by atoms with Gasteiger partial charge in [-0.25, -0.2) is 0 Å². The molecule has 4 rings (SSSR count). The van der Waals surface area contributed by atoms with Crippen molar-refractivity contribution >= 4 is 5.91 Å². The van der Waals surface area contributed by atoms with Gasteiger partial charge in [-0.3, -0.25) is 14.7 Å². The topological polar surface area (TPSA) is 54.5 Å². The van der Waals surface area contributed by atoms with Crippen molar-refractivity contribution in [2.45, 2.75) is 32.4 Å². The third-order valence-corrected chi connectivity index (χ3v) is 5.98. The number of nitrogens with one attached hydrogen (secondary N) is 1. The number of piperidine rings is 1. The number of ether oxygens (including phenoxy) is 1. The van der Waals surface area contributed by atoms with Crippen LogP contribution in [0.4, 0.5) is 0 Å². The Kier molecular flexibility index (Phi) is 6.95. The maximum absolute atomic E-state index is 12.5. The van der Waals surface area contributed by atoms with Crippen LogP contribution in [0.2, 0.25) is 0 Å². The number of likely N-dealkylation sites (tertiary alicyclic amines) is 1. The number of amides is 1. The second-order valence-corrected chi connectivity index (χ2v) is 8.05. The Bertz CT molecular complexity index is 953. The highest BCUT2D eigenvalue weighted by atomic mass is 16.5. The van der Waals surface area contributed by atoms with Crippen LogP contribution in [0.5, 0.6) is 11.5 Å². The maximum Gasteiger partial charge on any atom is 0.223 e. The first-order valence-electron chi connectivity index (χ1n) is 10.9. The van der Waals surface area contributed by atoms with Crippen LogP contribution in [0.15, 0.2) is 79.1 Å². The summed E-state index contributed by atoms with van der Waals surface area (Å²) in [5, 5.41) is 3.06. The van der Waals surface area contributed by atoms with E-state index < -0.39 is 0 Å². The first-order valence-corrected chi connectivity index (χ1v) is 10.9. The SMILES string of the molecule is CC(c1ccc(Oc2ccccc2)cc1)N1CCC(C(=O)NCc2cccnc2)CC1. The highest BCUT2D eigenvalue weighted by molar-refractivity contribution is 5.78. The molecular weight excluding hydrogens is 386 g/mol. The van der Waals surface area contributed by atoms with Crippen LogP contribution in [0, 0.1) is 5.92 Å². The lowest BCUT2D eigenvalue weighted by Gasteiger charge is -2.35. The van der Waals surface area contributed by atoms with E-state index in [4.69, 9.17) is 4.74 Å². The first kappa shape index (κ1) is 21.1. The molecule has 1 aromatic heterocycles. The van der Waals surface area contributed by atoms with Gasteiger partial charge in [0.15, 0.2) is 0 Å². The third kappa shape index (κ3) is 5.70. The molecule has 0 aliphatic carbocycles. The number of carbonyl (C=O) groups excluding carboxylic acids is 1. The minimum Gasteiger partial charge on any atom is -0.457 e. The fourth-order valence-electron chi connectivity index (χ4n) is 4.03. The Morgan fingerprint density at radius 1 is 1.03 bits per heavy atom. The molecule has 1 aliphatic heterocycles. The van der Waals surface area contributed by atoms with Crippen molar-refractivity contribution in [2.24, 2.45) is 5.92 Å². The molecule has 0 bridgehead atoms. The average Bonchev–Trinajstić information content (AvgIpc) is 2.84. The molecule has 1 saturated heterocycles. The second kappa shape index (κ2) is 10.2. The third-order valence-electron chi connectivity index (χ3n) is 5.98. The highest BCUT2D eigenvalue weighted by Crippen LogP contribution is 2.29. The zero-order valence-corrected chi connectivity index (χ0v) is 17.9. The van der Waals surface area contributed by atoms with Gasteiger partial charge in [0.05, 0.1) is 0 Å². The van der Waals surface area contributed by atoms with Gasteiger partial charge in [0.1, 0.15) is 11.5 Å². The summed E-state index contributed by atoms with van der Waals surface area (Å²) in [4.78, 5) is 19.1. The molecule has 1 unspecified atom stereocenters. The van der Waals surface area contributed by atoms with Gasteiger partial charge in [0, 0.05) is 30.9 Å². The standard InChI is InChI=1S/C26H29N3O2/c1-20(22-9-11-25(12-10-22)31-24-7-3-2-4-8-24)29-16-13-23(14-17-29)26(30)28-19-21-6-5-15-27-18-21/h2-12,15,18,20,23H,13-14,16-17,19H2,1H3,(H,28,30). The summed E-state index contributed by atoms with van der Waals surface area (Å²) in [6.45, 7) is 4.62. The Labute approximate surface area is 184 Å². The lowest BCUT2D eigenvalue weighted by molar-refractivity contribution is -0.126. The monoisotopic (exact) mass is 415 g/mol. The quantitative estimate of drug-likeness (QED) is 0.592. The zero-order valence-electron chi connectivity index (χ0n) is 17.9. The van der Waals surface area contributed by atoms with Crippen molar-refractivity contribution in [1.29, 1.82) is 0 Å². The van der Waals surface area contributed by atoms with Gasteiger partial charge in [-0.15, -0.1) is 0 Å². The van der Waals surface area contributed by atoms with E-state index in [0.717, 1.165) is 43.0 Å². The van der Waals surface area contributed by atoms with E-state index in [-0.39, 0.29) is 11.8 Å². The van der Waals surface area contributed by atoms with E-state index in [0.29, 0.717) is 12.6 Å². The number of nitrogens with zero attached hydrogens (tertiary/aromatic N) is 2. The predicted octanol–water partition coefficient (Wildman–Crippen LogP) is 4.96. The number of carbonyl (C=O) groups is 1. The van der Waals surface area contributed by atoms with Crippen LogP contribution in [0.3, 0.4) is 0 Å². The van der Waals surface area contributed by atoms with Gasteiger partial charge in [-0.2, -0.15) is 0 Å². The molecule has 2 heterocycles. The van der Waals surface area contributed by atoms with Crippen molar-refractivity contribution in [3.05, 3.63) is 90.3 Å². The van der Waals surface area contributed by atoms with Gasteiger partial charge in [0.25, 0.3) is 0 Å². The van der Waals surface area contributed by atoms with Crippen molar-refractivity contribution in [3.63, 3.8) is 0 Å². The summed E-state index contributed by atoms with van der Waals surface area (Å²) < 4.78 is 5.89. The van der Waals surface area contributed by atoms with E-state index in [2.05, 4.69) is 34.3 Å². The number of para-hydroxylation sites is 1. The maximum atomic E-state index is 12.5. The summed E-state index contributed by atoms with van der Waals surface area (Å²) in [5.74, 6) is 1.92. The summed E-state index contributed by atoms with van der Waals surface area (Å²) in [5.41, 5.74) is 2.29. The van der Waals surface area contributed by atoms with Gasteiger partial charge in [-0.05, 0) is 74.3 Å². The molecule has 1 fully saturated rings. The van der Waals surface area contributed by atoms with Crippen molar-refractivity contribution < 1.29 is 9.53 Å². The Morgan fingerprint density at radius 3 is 2.42 bits per heavy atom. The number of aromatic nitrogens is 1. The van der Waals surface area contributed by atoms with E-state index >= 15 is 0 Å². The number of hydrogen-bond donors (Lipinski definition) is 1. The summed E-state index contributed by atoms with van der Waals surface area (Å²) in [6.07, 6.45) is 5.31. The largest absolute Gasteiger partial charge is 0.457 e. The predicted molar refractivity (Wildman–Crippen MR) is 122 cm³/mol. The molecule has 160 valence electrons. The van der Waals surface area contributed by atoms with Gasteiger partial charge < -0.3 is 10.1 Å². The van der Waals surface area contributed by atoms with E-state index in [9.17, 15) is 4.79 Å². The van der Waals surface area contributed by atoms with E-state index in [1.807, 2.05) is 54.6 Å². The number of pyridine rings is 1. The molecule has 0 radical (unpaired) electrons. The number of rotatable bonds is 7. The summed E-state index contributed by atoms with van der Waals surface area (Å²) in [6, 6.07) is 22.3. The van der Waals surface area contributed by atoms with Gasteiger partial charge >= 0.3 is 0 Å². The zero-order chi connectivity index (χ0) is 21.5. The lowest BCUT2D eigenvalue weighted by Crippen LogP contribution is -2.41. The molecule has 1 aliphatic rings. The Morgan fingerprint density at radius 2 is 1.74 bits per heavy atom. The van der Waals surface area contributed by atoms with Crippen molar-refractivity contribution in [2.75, 3.05) is 13.1 Å². The van der Waals surface area contributed by atoms with Crippen molar-refractivity contribution in [3.8, 4) is 11.5 Å². The fourth-order valence-corrected chi connectivity index (χ4v) is 4.03. The van der Waals surface area contributed by atoms with Gasteiger partial charge in [-0.1, -0.05) is 36.4 Å². The lowest BCUT2D eigenvalue weighted by atomic mass is 9.93. The van der Waals surface area contributed by atoms with Crippen LogP contribution < -0.4 is 10.1 Å². The summed E-state index contributed by atoms with van der Waals surface area (Å²) in [7, 11) is 0. The highest BCUT2D eigenvalue weighted by Gasteiger charge is 2.27. The number of benzene rings is 2. The van der Waals surface area contributed by atoms with E-state index in [1.165, 1.54) is 5.56 Å². The molecule has 2 aromatic carbocycles. The average molecular weight is 416 g/mol. The summed E-state index contributed by atoms with van der Waals surface area (Å²) >= 11 is 0. The van der Waals surface area contributed by atoms with E-state index in [1.54, 1.807) is 12.4 Å². The Balaban J connectivity index is 1.26. The van der Waals surface area contributed by atoms with Crippen molar-refractivity contribution in [1.82, 2.24) is 15.2 Å². The smallest absolute Gasteiger partial charge is 0.223 e. The Hall–Kier alpha value is -3.18. The number of hydrogen-bond acceptors (Lipinski definition) is 4. The minimum atomic E-state index is 0.0850. The molecule has 0 spiro atoms. The second-order valence-electron chi connectivity index (χ2n) is 8.05. The van der Waals surface area contributed by atoms with Gasteiger partial charge in [0.2, 0.25) is 5.91 Å². The molecule has 5 heteroatoms. The molecule has 1 atom stereocenters. The minimum absolute atomic E-state index is 0.0850. The molecule has 0 saturated carbocycles. The molecule has 3 aromatic rings. The normalized spacial score (nSPS) is 15.9. The van der Waals surface area contributed by atoms with Crippen LogP contribution in [0.1, 0.15) is 36.9 Å². The van der Waals surface area contributed by atoms with Crippen LogP contribution in [-0.4, -0.2) is 28.9 Å². The molecular formula is C26H29N3O2. The molecule has 1 amide bonds. The van der Waals surface area contributed by atoms with Crippen LogP contribution >= 0.6 is 0 Å². The van der Waals surface area contributed by atoms with Crippen LogP contribution in [-0.2, 0) is 11.3 Å². The van der Waals surface area contributed by atoms with Crippen LogP contribution in [0.25, 0.3) is 0 Å².